The molecule has 1 fully saturated rings. The van der Waals surface area contributed by atoms with Gasteiger partial charge in [0.1, 0.15) is 11.8 Å². The highest BCUT2D eigenvalue weighted by molar-refractivity contribution is 8.32. The SMILES string of the molecule is COc1ccc(C(NC(=O)N2CC(O)C2)C(=O)Nc2ccc(S(C)(C)C)cc2)cc1. The molecule has 0 radical (unpaired) electrons. The van der Waals surface area contributed by atoms with Gasteiger partial charge in [-0.15, -0.1) is 0 Å². The first-order chi connectivity index (χ1) is 14.2. The zero-order valence-electron chi connectivity index (χ0n) is 17.7. The molecule has 0 saturated carbocycles. The average molecular weight is 432 g/mol. The van der Waals surface area contributed by atoms with Gasteiger partial charge >= 0.3 is 6.03 Å². The highest BCUT2D eigenvalue weighted by Gasteiger charge is 2.32. The Hall–Kier alpha value is -2.71. The second kappa shape index (κ2) is 8.97. The van der Waals surface area contributed by atoms with Crippen LogP contribution in [0.1, 0.15) is 11.6 Å². The number of carbonyl (C=O) groups excluding carboxylic acids is 2. The quantitative estimate of drug-likeness (QED) is 0.656. The summed E-state index contributed by atoms with van der Waals surface area (Å²) in [7, 11) is 0.721. The predicted octanol–water partition coefficient (Wildman–Crippen LogP) is 2.81. The van der Waals surface area contributed by atoms with Crippen molar-refractivity contribution in [2.45, 2.75) is 17.0 Å². The number of aliphatic hydroxyl groups excluding tert-OH is 1. The molecule has 7 nitrogen and oxygen atoms in total. The number of urea groups is 1. The van der Waals surface area contributed by atoms with E-state index in [1.165, 1.54) is 9.80 Å². The second-order valence-corrected chi connectivity index (χ2v) is 12.2. The van der Waals surface area contributed by atoms with Crippen LogP contribution < -0.4 is 15.4 Å². The van der Waals surface area contributed by atoms with Gasteiger partial charge in [-0.2, -0.15) is 0 Å². The molecule has 3 N–H and O–H groups in total. The Kier molecular flexibility index (Phi) is 6.58. The van der Waals surface area contributed by atoms with Crippen LogP contribution in [-0.2, 0) is 4.79 Å². The van der Waals surface area contributed by atoms with Gasteiger partial charge in [0.2, 0.25) is 0 Å². The average Bonchev–Trinajstić information content (AvgIpc) is 2.69. The summed E-state index contributed by atoms with van der Waals surface area (Å²) in [5, 5.41) is 15.1. The Morgan fingerprint density at radius 2 is 1.67 bits per heavy atom. The van der Waals surface area contributed by atoms with E-state index in [0.29, 0.717) is 17.0 Å². The van der Waals surface area contributed by atoms with Crippen LogP contribution in [0.25, 0.3) is 0 Å². The normalized spacial score (nSPS) is 15.7. The van der Waals surface area contributed by atoms with Crippen molar-refractivity contribution in [1.82, 2.24) is 10.2 Å². The predicted molar refractivity (Wildman–Crippen MR) is 121 cm³/mol. The summed E-state index contributed by atoms with van der Waals surface area (Å²) in [6, 6.07) is 13.5. The molecule has 3 rings (SSSR count). The van der Waals surface area contributed by atoms with Crippen molar-refractivity contribution in [2.75, 3.05) is 44.3 Å². The smallest absolute Gasteiger partial charge is 0.318 e. The number of hydrogen-bond donors (Lipinski definition) is 3. The first-order valence-electron chi connectivity index (χ1n) is 9.64. The number of nitrogens with one attached hydrogen (secondary N) is 2. The van der Waals surface area contributed by atoms with Crippen LogP contribution in [0, 0.1) is 0 Å². The highest BCUT2D eigenvalue weighted by atomic mass is 32.3. The summed E-state index contributed by atoms with van der Waals surface area (Å²) < 4.78 is 5.18. The van der Waals surface area contributed by atoms with Gasteiger partial charge in [-0.25, -0.2) is 14.8 Å². The molecule has 1 heterocycles. The van der Waals surface area contributed by atoms with Gasteiger partial charge in [-0.05, 0) is 65.6 Å². The van der Waals surface area contributed by atoms with E-state index in [4.69, 9.17) is 4.74 Å². The van der Waals surface area contributed by atoms with E-state index in [1.807, 2.05) is 24.3 Å². The Morgan fingerprint density at radius 1 is 1.07 bits per heavy atom. The van der Waals surface area contributed by atoms with Gasteiger partial charge in [0.15, 0.2) is 0 Å². The van der Waals surface area contributed by atoms with Crippen LogP contribution in [0.4, 0.5) is 10.5 Å². The van der Waals surface area contributed by atoms with Gasteiger partial charge < -0.3 is 25.4 Å². The second-order valence-electron chi connectivity index (χ2n) is 8.07. The standard InChI is InChI=1S/C22H29N3O4S/c1-29-18-9-5-15(6-10-18)20(24-22(28)25-13-17(26)14-25)21(27)23-16-7-11-19(12-8-16)30(2,3)4/h5-12,17,20,26H,13-14H2,1-4H3,(H,23,27)(H,24,28). The summed E-state index contributed by atoms with van der Waals surface area (Å²) in [5.74, 6) is 0.320. The van der Waals surface area contributed by atoms with E-state index in [9.17, 15) is 14.7 Å². The molecule has 8 heteroatoms. The molecular weight excluding hydrogens is 402 g/mol. The molecular formula is C22H29N3O4S. The summed E-state index contributed by atoms with van der Waals surface area (Å²) >= 11 is 0. The van der Waals surface area contributed by atoms with Crippen LogP contribution in [0.3, 0.4) is 0 Å². The van der Waals surface area contributed by atoms with Gasteiger partial charge in [0, 0.05) is 5.69 Å². The number of amides is 3. The number of nitrogens with zero attached hydrogens (tertiary/aromatic N) is 1. The molecule has 1 saturated heterocycles. The van der Waals surface area contributed by atoms with Crippen LogP contribution in [0.15, 0.2) is 53.4 Å². The number of hydrogen-bond acceptors (Lipinski definition) is 4. The largest absolute Gasteiger partial charge is 0.497 e. The molecule has 3 amide bonds. The lowest BCUT2D eigenvalue weighted by Crippen LogP contribution is -2.57. The number of carbonyl (C=O) groups is 2. The van der Waals surface area contributed by atoms with Crippen LogP contribution in [-0.4, -0.2) is 67.0 Å². The maximum Gasteiger partial charge on any atom is 0.318 e. The Balaban J connectivity index is 1.77. The molecule has 0 bridgehead atoms. The van der Waals surface area contributed by atoms with E-state index >= 15 is 0 Å². The fraction of sp³-hybridized carbons (Fsp3) is 0.364. The molecule has 1 aliphatic heterocycles. The van der Waals surface area contributed by atoms with Crippen molar-refractivity contribution in [3.63, 3.8) is 0 Å². The molecule has 0 aliphatic carbocycles. The molecule has 0 spiro atoms. The number of methoxy groups -OCH3 is 1. The molecule has 2 aromatic carbocycles. The van der Waals surface area contributed by atoms with Crippen LogP contribution >= 0.6 is 10.0 Å². The Labute approximate surface area is 178 Å². The summed E-state index contributed by atoms with van der Waals surface area (Å²) in [5.41, 5.74) is 1.30. The third kappa shape index (κ3) is 5.25. The van der Waals surface area contributed by atoms with Gasteiger partial charge in [0.25, 0.3) is 5.91 Å². The van der Waals surface area contributed by atoms with Crippen molar-refractivity contribution in [1.29, 1.82) is 0 Å². The fourth-order valence-corrected chi connectivity index (χ4v) is 4.05. The van der Waals surface area contributed by atoms with Crippen molar-refractivity contribution < 1.29 is 19.4 Å². The van der Waals surface area contributed by atoms with Gasteiger partial charge in [-0.1, -0.05) is 12.1 Å². The minimum atomic E-state index is -0.880. The summed E-state index contributed by atoms with van der Waals surface area (Å²) in [6.07, 6.45) is 6.13. The van der Waals surface area contributed by atoms with Crippen molar-refractivity contribution >= 4 is 27.7 Å². The molecule has 1 atom stereocenters. The van der Waals surface area contributed by atoms with Gasteiger partial charge in [-0.3, -0.25) is 4.79 Å². The third-order valence-electron chi connectivity index (χ3n) is 4.96. The number of β-amino-alcohol motifs (C(OH)–C–C–N with tert-alkyl or cyclic N) is 1. The highest BCUT2D eigenvalue weighted by Crippen LogP contribution is 2.45. The molecule has 162 valence electrons. The zero-order chi connectivity index (χ0) is 21.9. The lowest BCUT2D eigenvalue weighted by Gasteiger charge is -2.36. The molecule has 2 aromatic rings. The third-order valence-corrected chi connectivity index (χ3v) is 6.64. The number of anilines is 1. The van der Waals surface area contributed by atoms with Crippen LogP contribution in [0.5, 0.6) is 5.75 Å². The summed E-state index contributed by atoms with van der Waals surface area (Å²) in [4.78, 5) is 28.3. The number of rotatable bonds is 6. The lowest BCUT2D eigenvalue weighted by molar-refractivity contribution is -0.118. The molecule has 0 aromatic heterocycles. The first-order valence-corrected chi connectivity index (χ1v) is 12.5. The minimum absolute atomic E-state index is 0.263. The van der Waals surface area contributed by atoms with Crippen molar-refractivity contribution in [3.05, 3.63) is 54.1 Å². The minimum Gasteiger partial charge on any atom is -0.497 e. The summed E-state index contributed by atoms with van der Waals surface area (Å²) in [6.45, 7) is 0.527. The van der Waals surface area contributed by atoms with Gasteiger partial charge in [0.05, 0.1) is 26.3 Å². The first kappa shape index (κ1) is 22.0. The lowest BCUT2D eigenvalue weighted by atomic mass is 10.1. The number of ether oxygens (including phenoxy) is 1. The maximum absolute atomic E-state index is 13.1. The number of likely N-dealkylation sites (tertiary alicyclic amines) is 1. The Bertz CT molecular complexity index is 888. The van der Waals surface area contributed by atoms with E-state index in [2.05, 4.69) is 29.4 Å². The molecule has 30 heavy (non-hydrogen) atoms. The maximum atomic E-state index is 13.1. The van der Waals surface area contributed by atoms with E-state index < -0.39 is 22.2 Å². The van der Waals surface area contributed by atoms with E-state index in [1.54, 1.807) is 31.4 Å². The Morgan fingerprint density at radius 3 is 2.17 bits per heavy atom. The van der Waals surface area contributed by atoms with E-state index in [0.717, 1.165) is 0 Å². The zero-order valence-corrected chi connectivity index (χ0v) is 18.5. The topological polar surface area (TPSA) is 90.9 Å². The monoisotopic (exact) mass is 431 g/mol. The van der Waals surface area contributed by atoms with Crippen molar-refractivity contribution in [3.8, 4) is 5.75 Å². The number of aliphatic hydroxyl groups is 1. The van der Waals surface area contributed by atoms with Crippen LogP contribution in [0.2, 0.25) is 0 Å². The molecule has 1 aliphatic rings. The fourth-order valence-electron chi connectivity index (χ4n) is 3.09. The molecule has 1 unspecified atom stereocenters. The number of benzene rings is 2. The van der Waals surface area contributed by atoms with E-state index in [-0.39, 0.29) is 25.0 Å². The van der Waals surface area contributed by atoms with Crippen molar-refractivity contribution in [2.24, 2.45) is 0 Å².